The maximum atomic E-state index is 11.9. The van der Waals surface area contributed by atoms with Crippen molar-refractivity contribution in [2.45, 2.75) is 32.2 Å². The van der Waals surface area contributed by atoms with E-state index in [1.165, 1.54) is 5.56 Å². The first-order valence-corrected chi connectivity index (χ1v) is 7.36. The van der Waals surface area contributed by atoms with Gasteiger partial charge in [-0.1, -0.05) is 12.1 Å². The van der Waals surface area contributed by atoms with E-state index >= 15 is 0 Å². The highest BCUT2D eigenvalue weighted by Crippen LogP contribution is 2.14. The number of nitrogens with one attached hydrogen (secondary N) is 1. The molecule has 1 atom stereocenters. The van der Waals surface area contributed by atoms with Crippen LogP contribution in [0.4, 0.5) is 0 Å². The van der Waals surface area contributed by atoms with Crippen molar-refractivity contribution in [1.29, 1.82) is 0 Å². The van der Waals surface area contributed by atoms with Gasteiger partial charge in [-0.25, -0.2) is 0 Å². The fraction of sp³-hybridized carbons (Fsp3) is 0.562. The zero-order chi connectivity index (χ0) is 14.4. The summed E-state index contributed by atoms with van der Waals surface area (Å²) >= 11 is 0. The molecule has 0 aromatic heterocycles. The van der Waals surface area contributed by atoms with E-state index in [0.717, 1.165) is 38.1 Å². The highest BCUT2D eigenvalue weighted by atomic mass is 16.5. The summed E-state index contributed by atoms with van der Waals surface area (Å²) in [5.41, 5.74) is 1.27. The zero-order valence-electron chi connectivity index (χ0n) is 12.4. The summed E-state index contributed by atoms with van der Waals surface area (Å²) in [4.78, 5) is 13.7. The third-order valence-electron chi connectivity index (χ3n) is 3.78. The van der Waals surface area contributed by atoms with Crippen LogP contribution >= 0.6 is 0 Å². The molecule has 1 heterocycles. The number of rotatable bonds is 6. The van der Waals surface area contributed by atoms with Crippen LogP contribution in [0.15, 0.2) is 24.3 Å². The fourth-order valence-electron chi connectivity index (χ4n) is 2.38. The standard InChI is InChI=1S/C16H24N2O2/c1-13(17-2)11-14-5-7-15(8-6-14)20-12-16(19)18-9-3-4-10-18/h5-8,13,17H,3-4,9-12H2,1-2H3. The molecule has 1 amide bonds. The first-order valence-electron chi connectivity index (χ1n) is 7.36. The van der Waals surface area contributed by atoms with E-state index in [1.807, 2.05) is 24.1 Å². The van der Waals surface area contributed by atoms with Gasteiger partial charge in [0.1, 0.15) is 5.75 Å². The van der Waals surface area contributed by atoms with Crippen molar-refractivity contribution < 1.29 is 9.53 Å². The summed E-state index contributed by atoms with van der Waals surface area (Å²) in [6.07, 6.45) is 3.22. The van der Waals surface area contributed by atoms with Crippen LogP contribution in [0.3, 0.4) is 0 Å². The normalized spacial score (nSPS) is 16.2. The van der Waals surface area contributed by atoms with Crippen LogP contribution in [-0.4, -0.2) is 43.6 Å². The molecule has 1 aliphatic heterocycles. The van der Waals surface area contributed by atoms with E-state index in [0.29, 0.717) is 6.04 Å². The third-order valence-corrected chi connectivity index (χ3v) is 3.78. The Morgan fingerprint density at radius 1 is 1.30 bits per heavy atom. The highest BCUT2D eigenvalue weighted by Gasteiger charge is 2.17. The predicted octanol–water partition coefficient (Wildman–Crippen LogP) is 1.84. The van der Waals surface area contributed by atoms with Crippen molar-refractivity contribution in [2.75, 3.05) is 26.7 Å². The summed E-state index contributed by atoms with van der Waals surface area (Å²) < 4.78 is 5.56. The van der Waals surface area contributed by atoms with Crippen LogP contribution in [0.5, 0.6) is 5.75 Å². The average Bonchev–Trinajstić information content (AvgIpc) is 3.00. The molecule has 1 aromatic rings. The molecule has 1 N–H and O–H groups in total. The Labute approximate surface area is 121 Å². The minimum absolute atomic E-state index is 0.0929. The SMILES string of the molecule is CNC(C)Cc1ccc(OCC(=O)N2CCCC2)cc1. The van der Waals surface area contributed by atoms with Crippen molar-refractivity contribution in [3.05, 3.63) is 29.8 Å². The molecular weight excluding hydrogens is 252 g/mol. The zero-order valence-corrected chi connectivity index (χ0v) is 12.4. The smallest absolute Gasteiger partial charge is 0.260 e. The van der Waals surface area contributed by atoms with Gasteiger partial charge in [-0.3, -0.25) is 4.79 Å². The van der Waals surface area contributed by atoms with Gasteiger partial charge in [0.15, 0.2) is 6.61 Å². The van der Waals surface area contributed by atoms with Crippen LogP contribution in [0, 0.1) is 0 Å². The van der Waals surface area contributed by atoms with E-state index in [4.69, 9.17) is 4.74 Å². The fourth-order valence-corrected chi connectivity index (χ4v) is 2.38. The van der Waals surface area contributed by atoms with E-state index in [-0.39, 0.29) is 12.5 Å². The Morgan fingerprint density at radius 3 is 2.55 bits per heavy atom. The van der Waals surface area contributed by atoms with Crippen molar-refractivity contribution in [1.82, 2.24) is 10.2 Å². The number of hydrogen-bond acceptors (Lipinski definition) is 3. The second-order valence-electron chi connectivity index (χ2n) is 5.41. The molecule has 0 bridgehead atoms. The molecule has 1 fully saturated rings. The number of carbonyl (C=O) groups is 1. The summed E-state index contributed by atoms with van der Waals surface area (Å²) in [6.45, 7) is 4.05. The lowest BCUT2D eigenvalue weighted by molar-refractivity contribution is -0.132. The molecule has 0 radical (unpaired) electrons. The lowest BCUT2D eigenvalue weighted by atomic mass is 10.1. The Hall–Kier alpha value is -1.55. The molecule has 2 rings (SSSR count). The molecule has 0 aliphatic carbocycles. The number of hydrogen-bond donors (Lipinski definition) is 1. The molecule has 0 spiro atoms. The summed E-state index contributed by atoms with van der Waals surface area (Å²) in [5.74, 6) is 0.855. The maximum absolute atomic E-state index is 11.9. The van der Waals surface area contributed by atoms with Crippen LogP contribution < -0.4 is 10.1 Å². The molecule has 1 aliphatic rings. The largest absolute Gasteiger partial charge is 0.484 e. The van der Waals surface area contributed by atoms with E-state index < -0.39 is 0 Å². The second-order valence-corrected chi connectivity index (χ2v) is 5.41. The lowest BCUT2D eigenvalue weighted by Crippen LogP contribution is -2.32. The van der Waals surface area contributed by atoms with Gasteiger partial charge < -0.3 is 15.0 Å². The number of benzene rings is 1. The van der Waals surface area contributed by atoms with E-state index in [2.05, 4.69) is 24.4 Å². The Kier molecular flexibility index (Phi) is 5.41. The molecule has 110 valence electrons. The third kappa shape index (κ3) is 4.23. The van der Waals surface area contributed by atoms with Gasteiger partial charge in [0.2, 0.25) is 0 Å². The first-order chi connectivity index (χ1) is 9.69. The predicted molar refractivity (Wildman–Crippen MR) is 80.0 cm³/mol. The van der Waals surface area contributed by atoms with Crippen molar-refractivity contribution in [2.24, 2.45) is 0 Å². The monoisotopic (exact) mass is 276 g/mol. The van der Waals surface area contributed by atoms with Crippen molar-refractivity contribution in [3.63, 3.8) is 0 Å². The van der Waals surface area contributed by atoms with Crippen molar-refractivity contribution >= 4 is 5.91 Å². The number of amides is 1. The molecule has 1 saturated heterocycles. The summed E-state index contributed by atoms with van der Waals surface area (Å²) in [7, 11) is 1.96. The summed E-state index contributed by atoms with van der Waals surface area (Å²) in [5, 5.41) is 3.22. The number of carbonyl (C=O) groups excluding carboxylic acids is 1. The number of likely N-dealkylation sites (N-methyl/N-ethyl adjacent to an activating group) is 1. The van der Waals surface area contributed by atoms with E-state index in [1.54, 1.807) is 0 Å². The Morgan fingerprint density at radius 2 is 1.95 bits per heavy atom. The quantitative estimate of drug-likeness (QED) is 0.862. The molecule has 1 unspecified atom stereocenters. The number of nitrogens with zero attached hydrogens (tertiary/aromatic N) is 1. The molecule has 0 saturated carbocycles. The Bertz CT molecular complexity index is 425. The van der Waals surface area contributed by atoms with Crippen LogP contribution in [-0.2, 0) is 11.2 Å². The lowest BCUT2D eigenvalue weighted by Gasteiger charge is -2.15. The average molecular weight is 276 g/mol. The van der Waals surface area contributed by atoms with Crippen LogP contribution in [0.1, 0.15) is 25.3 Å². The maximum Gasteiger partial charge on any atom is 0.260 e. The molecular formula is C16H24N2O2. The molecule has 1 aromatic carbocycles. The Balaban J connectivity index is 1.79. The topological polar surface area (TPSA) is 41.6 Å². The number of ether oxygens (including phenoxy) is 1. The second kappa shape index (κ2) is 7.29. The van der Waals surface area contributed by atoms with Gasteiger partial charge in [-0.05, 0) is 50.9 Å². The number of likely N-dealkylation sites (tertiary alicyclic amines) is 1. The van der Waals surface area contributed by atoms with Gasteiger partial charge in [-0.2, -0.15) is 0 Å². The van der Waals surface area contributed by atoms with Gasteiger partial charge in [0, 0.05) is 19.1 Å². The van der Waals surface area contributed by atoms with Crippen molar-refractivity contribution in [3.8, 4) is 5.75 Å². The molecule has 4 nitrogen and oxygen atoms in total. The minimum Gasteiger partial charge on any atom is -0.484 e. The minimum atomic E-state index is 0.0929. The van der Waals surface area contributed by atoms with Gasteiger partial charge in [-0.15, -0.1) is 0 Å². The first kappa shape index (κ1) is 14.9. The van der Waals surface area contributed by atoms with Gasteiger partial charge in [0.25, 0.3) is 5.91 Å². The van der Waals surface area contributed by atoms with Crippen LogP contribution in [0.25, 0.3) is 0 Å². The van der Waals surface area contributed by atoms with Gasteiger partial charge >= 0.3 is 0 Å². The highest BCUT2D eigenvalue weighted by molar-refractivity contribution is 5.78. The molecule has 4 heteroatoms. The van der Waals surface area contributed by atoms with Crippen LogP contribution in [0.2, 0.25) is 0 Å². The molecule has 20 heavy (non-hydrogen) atoms. The summed E-state index contributed by atoms with van der Waals surface area (Å²) in [6, 6.07) is 8.45. The van der Waals surface area contributed by atoms with Gasteiger partial charge in [0.05, 0.1) is 0 Å². The van der Waals surface area contributed by atoms with E-state index in [9.17, 15) is 4.79 Å².